The number of amides is 1. The maximum atomic E-state index is 12.0. The van der Waals surface area contributed by atoms with Gasteiger partial charge < -0.3 is 10.1 Å². The van der Waals surface area contributed by atoms with Gasteiger partial charge in [0, 0.05) is 32.7 Å². The average molecular weight is 245 g/mol. The maximum Gasteiger partial charge on any atom is 0.253 e. The van der Waals surface area contributed by atoms with Crippen LogP contribution in [0.25, 0.3) is 11.0 Å². The van der Waals surface area contributed by atoms with Gasteiger partial charge in [-0.1, -0.05) is 6.07 Å². The van der Waals surface area contributed by atoms with Crippen molar-refractivity contribution in [1.29, 1.82) is 0 Å². The van der Waals surface area contributed by atoms with Crippen LogP contribution in [0.5, 0.6) is 0 Å². The van der Waals surface area contributed by atoms with Crippen molar-refractivity contribution in [3.05, 3.63) is 36.2 Å². The van der Waals surface area contributed by atoms with Crippen LogP contribution in [-0.4, -0.2) is 36.1 Å². The molecule has 0 atom stereocenters. The molecule has 1 amide bonds. The van der Waals surface area contributed by atoms with Crippen molar-refractivity contribution >= 4 is 16.9 Å². The minimum Gasteiger partial charge on any atom is -0.385 e. The molecule has 0 saturated carbocycles. The van der Waals surface area contributed by atoms with Crippen LogP contribution < -0.4 is 5.32 Å². The van der Waals surface area contributed by atoms with E-state index < -0.39 is 0 Å². The van der Waals surface area contributed by atoms with Gasteiger partial charge in [0.05, 0.1) is 11.1 Å². The zero-order chi connectivity index (χ0) is 12.8. The van der Waals surface area contributed by atoms with E-state index >= 15 is 0 Å². The van der Waals surface area contributed by atoms with Crippen LogP contribution in [0.4, 0.5) is 0 Å². The molecule has 0 bridgehead atoms. The molecule has 0 radical (unpaired) electrons. The smallest absolute Gasteiger partial charge is 0.253 e. The molecule has 1 aromatic heterocycles. The Labute approximate surface area is 105 Å². The summed E-state index contributed by atoms with van der Waals surface area (Å²) in [6, 6.07) is 5.40. The molecule has 0 fully saturated rings. The molecule has 2 aromatic rings. The first-order chi connectivity index (χ1) is 8.83. The van der Waals surface area contributed by atoms with Crippen molar-refractivity contribution in [3.63, 3.8) is 0 Å². The summed E-state index contributed by atoms with van der Waals surface area (Å²) in [4.78, 5) is 20.4. The number of methoxy groups -OCH3 is 1. The molecule has 0 aliphatic rings. The number of aromatic nitrogens is 2. The van der Waals surface area contributed by atoms with E-state index in [1.165, 1.54) is 0 Å². The van der Waals surface area contributed by atoms with E-state index in [2.05, 4.69) is 15.3 Å². The van der Waals surface area contributed by atoms with Gasteiger partial charge in [-0.2, -0.15) is 0 Å². The first-order valence-corrected chi connectivity index (χ1v) is 5.80. The summed E-state index contributed by atoms with van der Waals surface area (Å²) >= 11 is 0. The number of hydrogen-bond acceptors (Lipinski definition) is 4. The van der Waals surface area contributed by atoms with Crippen LogP contribution in [-0.2, 0) is 4.74 Å². The number of nitrogens with zero attached hydrogens (tertiary/aromatic N) is 2. The summed E-state index contributed by atoms with van der Waals surface area (Å²) in [5.41, 5.74) is 1.91. The molecule has 2 rings (SSSR count). The van der Waals surface area contributed by atoms with E-state index in [-0.39, 0.29) is 5.91 Å². The predicted molar refractivity (Wildman–Crippen MR) is 68.4 cm³/mol. The lowest BCUT2D eigenvalue weighted by Crippen LogP contribution is -2.25. The lowest BCUT2D eigenvalue weighted by Gasteiger charge is -2.06. The van der Waals surface area contributed by atoms with Crippen molar-refractivity contribution < 1.29 is 9.53 Å². The number of hydrogen-bond donors (Lipinski definition) is 1. The summed E-state index contributed by atoms with van der Waals surface area (Å²) in [5, 5.41) is 2.84. The quantitative estimate of drug-likeness (QED) is 0.809. The Balaban J connectivity index is 2.13. The number of ether oxygens (including phenoxy) is 1. The summed E-state index contributed by atoms with van der Waals surface area (Å²) in [6.07, 6.45) is 3.99. The Morgan fingerprint density at radius 2 is 2.17 bits per heavy atom. The number of carbonyl (C=O) groups excluding carboxylic acids is 1. The van der Waals surface area contributed by atoms with E-state index in [1.54, 1.807) is 31.6 Å². The molecule has 0 aliphatic heterocycles. The third-order valence-electron chi connectivity index (χ3n) is 2.55. The van der Waals surface area contributed by atoms with Crippen molar-refractivity contribution in [2.75, 3.05) is 20.3 Å². The number of fused-ring (bicyclic) bond motifs is 1. The lowest BCUT2D eigenvalue weighted by molar-refractivity contribution is 0.0950. The van der Waals surface area contributed by atoms with Gasteiger partial charge >= 0.3 is 0 Å². The minimum absolute atomic E-state index is 0.128. The van der Waals surface area contributed by atoms with Crippen LogP contribution in [0.3, 0.4) is 0 Å². The number of carbonyl (C=O) groups is 1. The molecule has 0 unspecified atom stereocenters. The monoisotopic (exact) mass is 245 g/mol. The first-order valence-electron chi connectivity index (χ1n) is 5.80. The average Bonchev–Trinajstić information content (AvgIpc) is 2.43. The second-order valence-electron chi connectivity index (χ2n) is 3.83. The standard InChI is InChI=1S/C13H15N3O2/c1-18-9-3-6-16-13(17)10-4-2-5-11-12(10)15-8-7-14-11/h2,4-5,7-8H,3,6,9H2,1H3,(H,16,17). The Bertz CT molecular complexity index is 537. The number of benzene rings is 1. The Morgan fingerprint density at radius 1 is 1.33 bits per heavy atom. The molecule has 1 heterocycles. The van der Waals surface area contributed by atoms with Gasteiger partial charge in [0.2, 0.25) is 0 Å². The summed E-state index contributed by atoms with van der Waals surface area (Å²) in [6.45, 7) is 1.22. The highest BCUT2D eigenvalue weighted by Gasteiger charge is 2.10. The highest BCUT2D eigenvalue weighted by molar-refractivity contribution is 6.04. The predicted octanol–water partition coefficient (Wildman–Crippen LogP) is 1.40. The van der Waals surface area contributed by atoms with Gasteiger partial charge in [-0.25, -0.2) is 0 Å². The van der Waals surface area contributed by atoms with Gasteiger partial charge in [-0.15, -0.1) is 0 Å². The molecule has 0 spiro atoms. The zero-order valence-corrected chi connectivity index (χ0v) is 10.2. The fraction of sp³-hybridized carbons (Fsp3) is 0.308. The molecule has 1 N–H and O–H groups in total. The van der Waals surface area contributed by atoms with Crippen LogP contribution in [0, 0.1) is 0 Å². The Kier molecular flexibility index (Phi) is 4.20. The van der Waals surface area contributed by atoms with Crippen molar-refractivity contribution in [2.24, 2.45) is 0 Å². The highest BCUT2D eigenvalue weighted by atomic mass is 16.5. The Morgan fingerprint density at radius 3 is 3.00 bits per heavy atom. The number of nitrogens with one attached hydrogen (secondary N) is 1. The SMILES string of the molecule is COCCCNC(=O)c1cccc2nccnc12. The van der Waals surface area contributed by atoms with Crippen molar-refractivity contribution in [3.8, 4) is 0 Å². The fourth-order valence-electron chi connectivity index (χ4n) is 1.69. The molecule has 5 nitrogen and oxygen atoms in total. The van der Waals surface area contributed by atoms with Crippen molar-refractivity contribution in [2.45, 2.75) is 6.42 Å². The Hall–Kier alpha value is -2.01. The van der Waals surface area contributed by atoms with E-state index in [0.717, 1.165) is 11.9 Å². The molecule has 0 aliphatic carbocycles. The third-order valence-corrected chi connectivity index (χ3v) is 2.55. The number of para-hydroxylation sites is 1. The lowest BCUT2D eigenvalue weighted by atomic mass is 10.1. The van der Waals surface area contributed by atoms with Gasteiger partial charge in [-0.05, 0) is 18.6 Å². The second kappa shape index (κ2) is 6.07. The summed E-state index contributed by atoms with van der Waals surface area (Å²) < 4.78 is 4.93. The normalized spacial score (nSPS) is 10.5. The van der Waals surface area contributed by atoms with E-state index in [4.69, 9.17) is 4.74 Å². The second-order valence-corrected chi connectivity index (χ2v) is 3.83. The van der Waals surface area contributed by atoms with Gasteiger partial charge in [0.15, 0.2) is 0 Å². The van der Waals surface area contributed by atoms with E-state index in [1.807, 2.05) is 6.07 Å². The fourth-order valence-corrected chi connectivity index (χ4v) is 1.69. The molecular formula is C13H15N3O2. The summed E-state index contributed by atoms with van der Waals surface area (Å²) in [7, 11) is 1.64. The third kappa shape index (κ3) is 2.81. The van der Waals surface area contributed by atoms with Gasteiger partial charge in [0.25, 0.3) is 5.91 Å². The molecule has 5 heteroatoms. The molecule has 94 valence electrons. The number of rotatable bonds is 5. The molecule has 18 heavy (non-hydrogen) atoms. The van der Waals surface area contributed by atoms with Crippen LogP contribution >= 0.6 is 0 Å². The highest BCUT2D eigenvalue weighted by Crippen LogP contribution is 2.13. The van der Waals surface area contributed by atoms with Crippen molar-refractivity contribution in [1.82, 2.24) is 15.3 Å². The van der Waals surface area contributed by atoms with Crippen LogP contribution in [0.2, 0.25) is 0 Å². The molecular weight excluding hydrogens is 230 g/mol. The molecule has 1 aromatic carbocycles. The van der Waals surface area contributed by atoms with E-state index in [9.17, 15) is 4.79 Å². The topological polar surface area (TPSA) is 64.1 Å². The van der Waals surface area contributed by atoms with Gasteiger partial charge in [-0.3, -0.25) is 14.8 Å². The van der Waals surface area contributed by atoms with Gasteiger partial charge in [0.1, 0.15) is 5.52 Å². The van der Waals surface area contributed by atoms with E-state index in [0.29, 0.717) is 24.2 Å². The summed E-state index contributed by atoms with van der Waals surface area (Å²) in [5.74, 6) is -0.128. The van der Waals surface area contributed by atoms with Crippen LogP contribution in [0.1, 0.15) is 16.8 Å². The first kappa shape index (κ1) is 12.4. The largest absolute Gasteiger partial charge is 0.385 e. The zero-order valence-electron chi connectivity index (χ0n) is 10.2. The maximum absolute atomic E-state index is 12.0. The minimum atomic E-state index is -0.128. The molecule has 0 saturated heterocycles. The van der Waals surface area contributed by atoms with Crippen LogP contribution in [0.15, 0.2) is 30.6 Å².